The summed E-state index contributed by atoms with van der Waals surface area (Å²) >= 11 is 0. The van der Waals surface area contributed by atoms with Crippen molar-refractivity contribution < 1.29 is 22.4 Å². The number of carbonyl (C=O) groups is 2. The van der Waals surface area contributed by atoms with Crippen molar-refractivity contribution >= 4 is 38.4 Å². The van der Waals surface area contributed by atoms with Gasteiger partial charge in [-0.15, -0.1) is 0 Å². The number of urea groups is 1. The van der Waals surface area contributed by atoms with E-state index in [1.807, 2.05) is 6.92 Å². The van der Waals surface area contributed by atoms with Crippen LogP contribution >= 0.6 is 0 Å². The monoisotopic (exact) mass is 508 g/mol. The molecule has 0 radical (unpaired) electrons. The molecular weight excluding hydrogens is 483 g/mol. The number of nitrogens with zero attached hydrogens (tertiary/aromatic N) is 1. The standard InChI is InChI=1S/C26H25FN4O4S/c1-3-4-10-28-26(33)31-18-8-9-23(27)21(13-18)24(32)22-15-30-25-20(22)12-17(14-29-25)16-6-5-7-19(11-16)36(2,34)35/h5-9,11-15H,3-4,10H2,1-2H3,(H,29,30)(H2,28,31,33). The van der Waals surface area contributed by atoms with Gasteiger partial charge in [-0.05, 0) is 48.4 Å². The Balaban J connectivity index is 1.66. The van der Waals surface area contributed by atoms with Crippen LogP contribution in [0.4, 0.5) is 14.9 Å². The topological polar surface area (TPSA) is 121 Å². The molecule has 2 aromatic carbocycles. The van der Waals surface area contributed by atoms with E-state index in [4.69, 9.17) is 0 Å². The third-order valence-corrected chi connectivity index (χ3v) is 6.77. The number of rotatable bonds is 8. The minimum absolute atomic E-state index is 0.163. The molecule has 0 spiro atoms. The number of amides is 2. The highest BCUT2D eigenvalue weighted by atomic mass is 32.2. The molecule has 0 bridgehead atoms. The number of benzene rings is 2. The van der Waals surface area contributed by atoms with E-state index in [0.29, 0.717) is 28.7 Å². The predicted molar refractivity (Wildman–Crippen MR) is 136 cm³/mol. The molecule has 2 heterocycles. The first-order chi connectivity index (χ1) is 17.2. The van der Waals surface area contributed by atoms with Crippen molar-refractivity contribution in [2.75, 3.05) is 18.1 Å². The zero-order chi connectivity index (χ0) is 25.9. The number of sulfone groups is 1. The lowest BCUT2D eigenvalue weighted by Crippen LogP contribution is -2.29. The van der Waals surface area contributed by atoms with Crippen LogP contribution in [0.15, 0.2) is 65.8 Å². The molecule has 4 aromatic rings. The second kappa shape index (κ2) is 10.3. The predicted octanol–water partition coefficient (Wildman–Crippen LogP) is 4.93. The number of nitrogens with one attached hydrogen (secondary N) is 3. The highest BCUT2D eigenvalue weighted by Gasteiger charge is 2.20. The maximum Gasteiger partial charge on any atom is 0.319 e. The number of carbonyl (C=O) groups excluding carboxylic acids is 2. The molecule has 10 heteroatoms. The van der Waals surface area contributed by atoms with Gasteiger partial charge in [-0.3, -0.25) is 4.79 Å². The van der Waals surface area contributed by atoms with Crippen LogP contribution < -0.4 is 10.6 Å². The van der Waals surface area contributed by atoms with Gasteiger partial charge >= 0.3 is 6.03 Å². The first kappa shape index (κ1) is 25.1. The summed E-state index contributed by atoms with van der Waals surface area (Å²) in [6.45, 7) is 2.51. The van der Waals surface area contributed by atoms with E-state index >= 15 is 0 Å². The minimum Gasteiger partial charge on any atom is -0.345 e. The van der Waals surface area contributed by atoms with Gasteiger partial charge in [0.1, 0.15) is 11.5 Å². The van der Waals surface area contributed by atoms with E-state index in [9.17, 15) is 22.4 Å². The lowest BCUT2D eigenvalue weighted by Gasteiger charge is -2.09. The summed E-state index contributed by atoms with van der Waals surface area (Å²) in [5, 5.41) is 5.77. The molecule has 186 valence electrons. The molecule has 0 unspecified atom stereocenters. The Morgan fingerprint density at radius 1 is 1.06 bits per heavy atom. The second-order valence-corrected chi connectivity index (χ2v) is 10.4. The highest BCUT2D eigenvalue weighted by Crippen LogP contribution is 2.28. The van der Waals surface area contributed by atoms with Gasteiger partial charge in [0.15, 0.2) is 15.6 Å². The van der Waals surface area contributed by atoms with Gasteiger partial charge in [0, 0.05) is 47.4 Å². The van der Waals surface area contributed by atoms with Crippen molar-refractivity contribution in [3.8, 4) is 11.1 Å². The van der Waals surface area contributed by atoms with Gasteiger partial charge in [0.2, 0.25) is 0 Å². The van der Waals surface area contributed by atoms with Gasteiger partial charge in [-0.2, -0.15) is 0 Å². The molecule has 36 heavy (non-hydrogen) atoms. The summed E-state index contributed by atoms with van der Waals surface area (Å²) in [5.74, 6) is -1.31. The molecule has 0 aliphatic carbocycles. The van der Waals surface area contributed by atoms with Crippen LogP contribution in [0.3, 0.4) is 0 Å². The number of H-pyrrole nitrogens is 1. The van der Waals surface area contributed by atoms with Crippen LogP contribution in [0.25, 0.3) is 22.2 Å². The molecule has 0 aliphatic heterocycles. The number of hydrogen-bond acceptors (Lipinski definition) is 5. The Bertz CT molecular complexity index is 1560. The van der Waals surface area contributed by atoms with Gasteiger partial charge < -0.3 is 15.6 Å². The fraction of sp³-hybridized carbons (Fsp3) is 0.192. The van der Waals surface area contributed by atoms with Crippen LogP contribution in [0, 0.1) is 5.82 Å². The summed E-state index contributed by atoms with van der Waals surface area (Å²) < 4.78 is 38.6. The van der Waals surface area contributed by atoms with Crippen molar-refractivity contribution in [2.24, 2.45) is 0 Å². The quantitative estimate of drug-likeness (QED) is 0.230. The van der Waals surface area contributed by atoms with Crippen molar-refractivity contribution in [2.45, 2.75) is 24.7 Å². The second-order valence-electron chi connectivity index (χ2n) is 8.38. The number of pyridine rings is 1. The van der Waals surface area contributed by atoms with Crippen LogP contribution in [-0.4, -0.2) is 43.0 Å². The Labute approximate surface area is 207 Å². The number of hydrogen-bond donors (Lipinski definition) is 3. The van der Waals surface area contributed by atoms with Crippen molar-refractivity contribution in [1.29, 1.82) is 0 Å². The molecule has 3 N–H and O–H groups in total. The first-order valence-electron chi connectivity index (χ1n) is 11.3. The molecule has 0 atom stereocenters. The Morgan fingerprint density at radius 3 is 2.61 bits per heavy atom. The summed E-state index contributed by atoms with van der Waals surface area (Å²) in [6, 6.07) is 11.5. The van der Waals surface area contributed by atoms with Crippen LogP contribution in [-0.2, 0) is 9.84 Å². The number of aromatic amines is 1. The van der Waals surface area contributed by atoms with E-state index in [1.54, 1.807) is 24.4 Å². The fourth-order valence-electron chi connectivity index (χ4n) is 3.73. The molecule has 0 aliphatic rings. The van der Waals surface area contributed by atoms with E-state index in [1.165, 1.54) is 30.5 Å². The normalized spacial score (nSPS) is 11.4. The third kappa shape index (κ3) is 5.44. The molecule has 0 fully saturated rings. The van der Waals surface area contributed by atoms with Crippen molar-refractivity contribution in [1.82, 2.24) is 15.3 Å². The van der Waals surface area contributed by atoms with Gasteiger partial charge in [-0.1, -0.05) is 25.5 Å². The summed E-state index contributed by atoms with van der Waals surface area (Å²) in [5.41, 5.74) is 1.91. The van der Waals surface area contributed by atoms with Gasteiger partial charge in [0.05, 0.1) is 10.5 Å². The number of ketones is 1. The number of anilines is 1. The molecule has 4 rings (SSSR count). The zero-order valence-corrected chi connectivity index (χ0v) is 20.6. The molecule has 2 amide bonds. The third-order valence-electron chi connectivity index (χ3n) is 5.66. The maximum absolute atomic E-state index is 14.7. The lowest BCUT2D eigenvalue weighted by molar-refractivity contribution is 0.103. The average molecular weight is 509 g/mol. The van der Waals surface area contributed by atoms with Crippen LogP contribution in [0.1, 0.15) is 35.7 Å². The van der Waals surface area contributed by atoms with Gasteiger partial charge in [-0.25, -0.2) is 22.6 Å². The number of aromatic nitrogens is 2. The first-order valence-corrected chi connectivity index (χ1v) is 13.2. The van der Waals surface area contributed by atoms with E-state index in [2.05, 4.69) is 20.6 Å². The molecule has 0 saturated carbocycles. The number of fused-ring (bicyclic) bond motifs is 1. The lowest BCUT2D eigenvalue weighted by atomic mass is 10.0. The summed E-state index contributed by atoms with van der Waals surface area (Å²) in [6.07, 6.45) is 5.91. The molecule has 0 saturated heterocycles. The molecular formula is C26H25FN4O4S. The Kier molecular flexibility index (Phi) is 7.16. The van der Waals surface area contributed by atoms with Crippen LogP contribution in [0.5, 0.6) is 0 Å². The SMILES string of the molecule is CCCCNC(=O)Nc1ccc(F)c(C(=O)c2c[nH]c3ncc(-c4cccc(S(C)(=O)=O)c4)cc23)c1. The minimum atomic E-state index is -3.40. The molecule has 2 aromatic heterocycles. The smallest absolute Gasteiger partial charge is 0.319 e. The largest absolute Gasteiger partial charge is 0.345 e. The number of halogens is 1. The summed E-state index contributed by atoms with van der Waals surface area (Å²) in [4.78, 5) is 32.8. The summed E-state index contributed by atoms with van der Waals surface area (Å²) in [7, 11) is -3.40. The Hall–Kier alpha value is -4.05. The van der Waals surface area contributed by atoms with Gasteiger partial charge in [0.25, 0.3) is 0 Å². The van der Waals surface area contributed by atoms with E-state index in [-0.39, 0.29) is 21.7 Å². The fourth-order valence-corrected chi connectivity index (χ4v) is 4.40. The van der Waals surface area contributed by atoms with E-state index in [0.717, 1.165) is 25.2 Å². The van der Waals surface area contributed by atoms with Crippen LogP contribution in [0.2, 0.25) is 0 Å². The Morgan fingerprint density at radius 2 is 1.86 bits per heavy atom. The maximum atomic E-state index is 14.7. The molecule has 8 nitrogen and oxygen atoms in total. The van der Waals surface area contributed by atoms with Crippen molar-refractivity contribution in [3.05, 3.63) is 77.9 Å². The highest BCUT2D eigenvalue weighted by molar-refractivity contribution is 7.90. The van der Waals surface area contributed by atoms with E-state index < -0.39 is 27.5 Å². The zero-order valence-electron chi connectivity index (χ0n) is 19.8. The average Bonchev–Trinajstić information content (AvgIpc) is 3.28. The number of unbranched alkanes of at least 4 members (excludes halogenated alkanes) is 1. The van der Waals surface area contributed by atoms with Crippen molar-refractivity contribution in [3.63, 3.8) is 0 Å².